The summed E-state index contributed by atoms with van der Waals surface area (Å²) in [6.07, 6.45) is 0.187. The zero-order valence-electron chi connectivity index (χ0n) is 7.67. The van der Waals surface area contributed by atoms with Gasteiger partial charge in [0.2, 0.25) is 5.78 Å². The molecule has 1 saturated heterocycles. The van der Waals surface area contributed by atoms with Crippen LogP contribution in [-0.4, -0.2) is 18.2 Å². The Kier molecular flexibility index (Phi) is 2.44. The standard InChI is InChI=1S/C10H7ClFNO2/c11-7-5-6(12)1-2-8(7)13-4-3-9(14)10(13)15/h1-2,5H,3-4H2. The highest BCUT2D eigenvalue weighted by atomic mass is 35.5. The molecule has 1 aromatic rings. The van der Waals surface area contributed by atoms with E-state index >= 15 is 0 Å². The SMILES string of the molecule is O=C1CCN(c2ccc(F)cc2Cl)C1=O. The number of hydrogen-bond donors (Lipinski definition) is 0. The van der Waals surface area contributed by atoms with Crippen LogP contribution in [0, 0.1) is 5.82 Å². The van der Waals surface area contributed by atoms with E-state index in [4.69, 9.17) is 11.6 Å². The van der Waals surface area contributed by atoms with Crippen molar-refractivity contribution in [3.8, 4) is 0 Å². The first kappa shape index (κ1) is 10.1. The number of ketones is 1. The molecule has 15 heavy (non-hydrogen) atoms. The van der Waals surface area contributed by atoms with E-state index in [1.165, 1.54) is 17.0 Å². The zero-order chi connectivity index (χ0) is 11.0. The van der Waals surface area contributed by atoms with Gasteiger partial charge in [-0.15, -0.1) is 0 Å². The number of nitrogens with zero attached hydrogens (tertiary/aromatic N) is 1. The van der Waals surface area contributed by atoms with Crippen LogP contribution in [-0.2, 0) is 9.59 Å². The number of halogens is 2. The largest absolute Gasteiger partial charge is 0.304 e. The lowest BCUT2D eigenvalue weighted by atomic mass is 10.3. The normalized spacial score (nSPS) is 16.3. The second-order valence-corrected chi connectivity index (χ2v) is 3.63. The number of anilines is 1. The van der Waals surface area contributed by atoms with Crippen molar-refractivity contribution >= 4 is 29.0 Å². The van der Waals surface area contributed by atoms with Crippen molar-refractivity contribution in [1.82, 2.24) is 0 Å². The predicted molar refractivity (Wildman–Crippen MR) is 53.4 cm³/mol. The van der Waals surface area contributed by atoms with Crippen molar-refractivity contribution in [2.45, 2.75) is 6.42 Å². The first-order valence-electron chi connectivity index (χ1n) is 4.39. The van der Waals surface area contributed by atoms with Gasteiger partial charge in [0.05, 0.1) is 10.7 Å². The lowest BCUT2D eigenvalue weighted by Gasteiger charge is -2.15. The molecule has 2 rings (SSSR count). The third-order valence-corrected chi connectivity index (χ3v) is 2.55. The molecule has 0 aliphatic carbocycles. The lowest BCUT2D eigenvalue weighted by Crippen LogP contribution is -2.27. The van der Waals surface area contributed by atoms with Crippen molar-refractivity contribution in [2.24, 2.45) is 0 Å². The molecule has 0 radical (unpaired) electrons. The quantitative estimate of drug-likeness (QED) is 0.686. The van der Waals surface area contributed by atoms with E-state index in [0.29, 0.717) is 12.2 Å². The topological polar surface area (TPSA) is 37.4 Å². The minimum absolute atomic E-state index is 0.137. The second-order valence-electron chi connectivity index (χ2n) is 3.23. The van der Waals surface area contributed by atoms with Gasteiger partial charge in [-0.3, -0.25) is 9.59 Å². The van der Waals surface area contributed by atoms with Crippen LogP contribution < -0.4 is 4.90 Å². The highest BCUT2D eigenvalue weighted by molar-refractivity contribution is 6.45. The summed E-state index contributed by atoms with van der Waals surface area (Å²) in [4.78, 5) is 23.7. The smallest absolute Gasteiger partial charge is 0.294 e. The average molecular weight is 228 g/mol. The van der Waals surface area contributed by atoms with Crippen molar-refractivity contribution in [2.75, 3.05) is 11.4 Å². The van der Waals surface area contributed by atoms with Gasteiger partial charge in [0, 0.05) is 13.0 Å². The Hall–Kier alpha value is -1.42. The maximum Gasteiger partial charge on any atom is 0.294 e. The number of amides is 1. The monoisotopic (exact) mass is 227 g/mol. The first-order valence-corrected chi connectivity index (χ1v) is 4.77. The summed E-state index contributed by atoms with van der Waals surface area (Å²) < 4.78 is 12.8. The van der Waals surface area contributed by atoms with Gasteiger partial charge in [-0.05, 0) is 18.2 Å². The van der Waals surface area contributed by atoms with Gasteiger partial charge in [0.1, 0.15) is 5.82 Å². The van der Waals surface area contributed by atoms with Crippen molar-refractivity contribution in [3.63, 3.8) is 0 Å². The van der Waals surface area contributed by atoms with E-state index < -0.39 is 17.5 Å². The highest BCUT2D eigenvalue weighted by Gasteiger charge is 2.31. The van der Waals surface area contributed by atoms with Crippen LogP contribution in [0.4, 0.5) is 10.1 Å². The summed E-state index contributed by atoms with van der Waals surface area (Å²) in [7, 11) is 0. The molecule has 1 amide bonds. The van der Waals surface area contributed by atoms with Crippen LogP contribution >= 0.6 is 11.6 Å². The minimum Gasteiger partial charge on any atom is -0.304 e. The Morgan fingerprint density at radius 2 is 2.07 bits per heavy atom. The first-order chi connectivity index (χ1) is 7.09. The maximum atomic E-state index is 12.8. The number of rotatable bonds is 1. The molecule has 1 heterocycles. The molecule has 1 aliphatic heterocycles. The lowest BCUT2D eigenvalue weighted by molar-refractivity contribution is -0.133. The van der Waals surface area contributed by atoms with Crippen LogP contribution in [0.2, 0.25) is 5.02 Å². The summed E-state index contributed by atoms with van der Waals surface area (Å²) in [6, 6.07) is 3.72. The third-order valence-electron chi connectivity index (χ3n) is 2.25. The van der Waals surface area contributed by atoms with E-state index in [0.717, 1.165) is 6.07 Å². The molecule has 1 fully saturated rings. The molecule has 0 N–H and O–H groups in total. The Morgan fingerprint density at radius 3 is 2.60 bits per heavy atom. The molecule has 3 nitrogen and oxygen atoms in total. The van der Waals surface area contributed by atoms with Crippen molar-refractivity contribution in [1.29, 1.82) is 0 Å². The molecule has 1 aromatic carbocycles. The molecule has 78 valence electrons. The van der Waals surface area contributed by atoms with Gasteiger partial charge in [-0.25, -0.2) is 4.39 Å². The highest BCUT2D eigenvalue weighted by Crippen LogP contribution is 2.28. The van der Waals surface area contributed by atoms with E-state index in [-0.39, 0.29) is 11.4 Å². The summed E-state index contributed by atoms with van der Waals surface area (Å²) in [5, 5.41) is 0.137. The van der Waals surface area contributed by atoms with E-state index in [1.54, 1.807) is 0 Å². The van der Waals surface area contributed by atoms with Crippen LogP contribution in [0.1, 0.15) is 6.42 Å². The van der Waals surface area contributed by atoms with Crippen LogP contribution in [0.5, 0.6) is 0 Å². The molecule has 0 unspecified atom stereocenters. The fraction of sp³-hybridized carbons (Fsp3) is 0.200. The Balaban J connectivity index is 2.38. The van der Waals surface area contributed by atoms with Gasteiger partial charge < -0.3 is 4.90 Å². The molecular weight excluding hydrogens is 221 g/mol. The van der Waals surface area contributed by atoms with Crippen LogP contribution in [0.15, 0.2) is 18.2 Å². The van der Waals surface area contributed by atoms with Gasteiger partial charge in [-0.2, -0.15) is 0 Å². The zero-order valence-corrected chi connectivity index (χ0v) is 8.42. The van der Waals surface area contributed by atoms with Gasteiger partial charge >= 0.3 is 0 Å². The molecule has 0 saturated carbocycles. The maximum absolute atomic E-state index is 12.8. The van der Waals surface area contributed by atoms with Crippen molar-refractivity contribution in [3.05, 3.63) is 29.0 Å². The Morgan fingerprint density at radius 1 is 1.33 bits per heavy atom. The summed E-state index contributed by atoms with van der Waals surface area (Å²) in [6.45, 7) is 0.309. The fourth-order valence-electron chi connectivity index (χ4n) is 1.50. The van der Waals surface area contributed by atoms with E-state index in [9.17, 15) is 14.0 Å². The van der Waals surface area contributed by atoms with Gasteiger partial charge in [-0.1, -0.05) is 11.6 Å². The molecule has 0 spiro atoms. The summed E-state index contributed by atoms with van der Waals surface area (Å²) in [5.74, 6) is -1.49. The molecule has 0 aromatic heterocycles. The second kappa shape index (κ2) is 3.62. The number of carbonyl (C=O) groups excluding carboxylic acids is 2. The van der Waals surface area contributed by atoms with Gasteiger partial charge in [0.15, 0.2) is 0 Å². The fourth-order valence-corrected chi connectivity index (χ4v) is 1.77. The number of hydrogen-bond acceptors (Lipinski definition) is 2. The van der Waals surface area contributed by atoms with E-state index in [2.05, 4.69) is 0 Å². The molecular formula is C10H7ClFNO2. The number of carbonyl (C=O) groups is 2. The summed E-state index contributed by atoms with van der Waals surface area (Å²) in [5.41, 5.74) is 0.383. The van der Waals surface area contributed by atoms with Crippen LogP contribution in [0.25, 0.3) is 0 Å². The van der Waals surface area contributed by atoms with Gasteiger partial charge in [0.25, 0.3) is 5.91 Å². The predicted octanol–water partition coefficient (Wildman–Crippen LogP) is 1.78. The summed E-state index contributed by atoms with van der Waals surface area (Å²) >= 11 is 5.78. The minimum atomic E-state index is -0.580. The third kappa shape index (κ3) is 1.72. The van der Waals surface area contributed by atoms with Crippen molar-refractivity contribution < 1.29 is 14.0 Å². The molecule has 0 bridgehead atoms. The average Bonchev–Trinajstić information content (AvgIpc) is 2.49. The van der Waals surface area contributed by atoms with E-state index in [1.807, 2.05) is 0 Å². The Labute approximate surface area is 90.4 Å². The van der Waals surface area contributed by atoms with Crippen LogP contribution in [0.3, 0.4) is 0 Å². The molecule has 1 aliphatic rings. The molecule has 5 heteroatoms. The number of Topliss-reactive ketones (excluding diaryl/α,β-unsaturated/α-hetero) is 1. The Bertz CT molecular complexity index is 447. The molecule has 0 atom stereocenters. The number of benzene rings is 1.